The molecule has 10 heteroatoms. The molecule has 0 aliphatic carbocycles. The van der Waals surface area contributed by atoms with Crippen molar-refractivity contribution in [2.75, 3.05) is 11.9 Å². The highest BCUT2D eigenvalue weighted by atomic mass is 79.9. The molecule has 0 bridgehead atoms. The second kappa shape index (κ2) is 8.04. The first-order valence-corrected chi connectivity index (χ1v) is 8.76. The second-order valence-electron chi connectivity index (χ2n) is 5.43. The van der Waals surface area contributed by atoms with Crippen LogP contribution in [0.15, 0.2) is 51.5 Å². The number of halogens is 1. The van der Waals surface area contributed by atoms with E-state index in [1.54, 1.807) is 30.3 Å². The minimum atomic E-state index is -0.585. The molecular formula is C17H15BrN4O5. The van der Waals surface area contributed by atoms with Gasteiger partial charge in [-0.1, -0.05) is 0 Å². The van der Waals surface area contributed by atoms with E-state index >= 15 is 0 Å². The lowest BCUT2D eigenvalue weighted by Crippen LogP contribution is -2.10. The predicted octanol–water partition coefficient (Wildman–Crippen LogP) is 3.85. The van der Waals surface area contributed by atoms with Crippen molar-refractivity contribution in [1.82, 2.24) is 9.78 Å². The maximum Gasteiger partial charge on any atom is 0.404 e. The number of rotatable bonds is 7. The van der Waals surface area contributed by atoms with E-state index in [-0.39, 0.29) is 22.6 Å². The maximum absolute atomic E-state index is 12.3. The molecule has 27 heavy (non-hydrogen) atoms. The summed E-state index contributed by atoms with van der Waals surface area (Å²) in [5, 5.41) is 17.4. The van der Waals surface area contributed by atoms with Crippen molar-refractivity contribution in [2.45, 2.75) is 13.5 Å². The highest BCUT2D eigenvalue weighted by Crippen LogP contribution is 2.23. The van der Waals surface area contributed by atoms with Crippen molar-refractivity contribution in [3.8, 4) is 5.75 Å². The molecule has 2 aromatic heterocycles. The molecular weight excluding hydrogens is 420 g/mol. The number of carbonyl (C=O) groups is 1. The van der Waals surface area contributed by atoms with Gasteiger partial charge in [0.05, 0.1) is 17.9 Å². The summed E-state index contributed by atoms with van der Waals surface area (Å²) in [6.07, 6.45) is 1.47. The van der Waals surface area contributed by atoms with Crippen molar-refractivity contribution < 1.29 is 18.9 Å². The van der Waals surface area contributed by atoms with Crippen LogP contribution in [0.2, 0.25) is 0 Å². The fraction of sp³-hybridized carbons (Fsp3) is 0.176. The Kier molecular flexibility index (Phi) is 5.55. The van der Waals surface area contributed by atoms with Gasteiger partial charge < -0.3 is 24.6 Å². The van der Waals surface area contributed by atoms with Crippen LogP contribution in [0.4, 0.5) is 11.5 Å². The summed E-state index contributed by atoms with van der Waals surface area (Å²) in [4.78, 5) is 22.5. The minimum absolute atomic E-state index is 0.125. The third-order valence-corrected chi connectivity index (χ3v) is 4.06. The van der Waals surface area contributed by atoms with Gasteiger partial charge in [-0.25, -0.2) is 0 Å². The predicted molar refractivity (Wildman–Crippen MR) is 100.0 cm³/mol. The fourth-order valence-electron chi connectivity index (χ4n) is 2.33. The molecule has 0 atom stereocenters. The minimum Gasteiger partial charge on any atom is -0.494 e. The number of aromatic nitrogens is 2. The van der Waals surface area contributed by atoms with Crippen LogP contribution in [0, 0.1) is 10.1 Å². The summed E-state index contributed by atoms with van der Waals surface area (Å²) in [6.45, 7) is 2.62. The summed E-state index contributed by atoms with van der Waals surface area (Å²) in [5.74, 6) is 0.597. The average molecular weight is 435 g/mol. The van der Waals surface area contributed by atoms with Gasteiger partial charge >= 0.3 is 5.82 Å². The summed E-state index contributed by atoms with van der Waals surface area (Å²) < 4.78 is 12.5. The normalized spacial score (nSPS) is 10.6. The van der Waals surface area contributed by atoms with E-state index in [2.05, 4.69) is 26.3 Å². The van der Waals surface area contributed by atoms with Gasteiger partial charge in [-0.15, -0.1) is 0 Å². The lowest BCUT2D eigenvalue weighted by molar-refractivity contribution is -0.390. The number of nitrogens with zero attached hydrogens (tertiary/aromatic N) is 3. The van der Waals surface area contributed by atoms with E-state index < -0.39 is 10.8 Å². The highest BCUT2D eigenvalue weighted by Gasteiger charge is 2.20. The fourth-order valence-corrected chi connectivity index (χ4v) is 2.79. The van der Waals surface area contributed by atoms with Crippen molar-refractivity contribution >= 4 is 33.3 Å². The van der Waals surface area contributed by atoms with Gasteiger partial charge in [0, 0.05) is 5.69 Å². The monoisotopic (exact) mass is 434 g/mol. The molecule has 0 saturated carbocycles. The number of hydrogen-bond acceptors (Lipinski definition) is 6. The molecule has 9 nitrogen and oxygen atoms in total. The smallest absolute Gasteiger partial charge is 0.404 e. The topological polar surface area (TPSA) is 112 Å². The Morgan fingerprint density at radius 3 is 2.70 bits per heavy atom. The maximum atomic E-state index is 12.3. The lowest BCUT2D eigenvalue weighted by Gasteiger charge is -2.05. The number of hydrogen-bond donors (Lipinski definition) is 1. The largest absolute Gasteiger partial charge is 0.494 e. The summed E-state index contributed by atoms with van der Waals surface area (Å²) in [7, 11) is 0. The zero-order valence-electron chi connectivity index (χ0n) is 14.2. The molecule has 1 amide bonds. The number of ether oxygens (including phenoxy) is 1. The Morgan fingerprint density at radius 2 is 2.07 bits per heavy atom. The van der Waals surface area contributed by atoms with E-state index in [0.717, 1.165) is 5.75 Å². The number of furan rings is 1. The van der Waals surface area contributed by atoms with Crippen LogP contribution < -0.4 is 10.1 Å². The molecule has 3 aromatic rings. The van der Waals surface area contributed by atoms with Crippen LogP contribution in [-0.2, 0) is 6.54 Å². The number of nitro groups is 1. The van der Waals surface area contributed by atoms with Crippen LogP contribution in [0.25, 0.3) is 0 Å². The van der Waals surface area contributed by atoms with Crippen molar-refractivity contribution in [1.29, 1.82) is 0 Å². The second-order valence-corrected chi connectivity index (χ2v) is 6.29. The molecule has 0 unspecified atom stereocenters. The molecule has 140 valence electrons. The highest BCUT2D eigenvalue weighted by molar-refractivity contribution is 9.10. The Labute approximate surface area is 162 Å². The van der Waals surface area contributed by atoms with Crippen molar-refractivity contribution in [3.05, 3.63) is 68.7 Å². The molecule has 0 spiro atoms. The summed E-state index contributed by atoms with van der Waals surface area (Å²) in [5.41, 5.74) is 0.605. The Hall–Kier alpha value is -3.14. The Morgan fingerprint density at radius 1 is 1.33 bits per heavy atom. The van der Waals surface area contributed by atoms with Crippen LogP contribution in [-0.4, -0.2) is 27.2 Å². The molecule has 1 N–H and O–H groups in total. The van der Waals surface area contributed by atoms with E-state index in [1.807, 2.05) is 6.92 Å². The SMILES string of the molecule is CCOc1ccc(NC(=O)c2ccc(Cn3cc(Br)c([N+](=O)[O-])n3)o2)cc1. The van der Waals surface area contributed by atoms with E-state index in [1.165, 1.54) is 16.9 Å². The van der Waals surface area contributed by atoms with E-state index in [4.69, 9.17) is 9.15 Å². The standard InChI is InChI=1S/C17H15BrN4O5/c1-2-26-12-5-3-11(4-6-12)19-17(23)15-8-7-13(27-15)9-21-10-14(18)16(20-21)22(24)25/h3-8,10H,2,9H2,1H3,(H,19,23). The molecule has 1 aromatic carbocycles. The molecule has 0 aliphatic rings. The molecule has 0 radical (unpaired) electrons. The summed E-state index contributed by atoms with van der Waals surface area (Å²) >= 11 is 3.08. The van der Waals surface area contributed by atoms with Crippen LogP contribution in [0.5, 0.6) is 5.75 Å². The molecule has 0 saturated heterocycles. The van der Waals surface area contributed by atoms with Crippen LogP contribution >= 0.6 is 15.9 Å². The first-order chi connectivity index (χ1) is 13.0. The number of carbonyl (C=O) groups excluding carboxylic acids is 1. The van der Waals surface area contributed by atoms with E-state index in [9.17, 15) is 14.9 Å². The molecule has 0 aliphatic heterocycles. The number of benzene rings is 1. The molecule has 3 rings (SSSR count). The van der Waals surface area contributed by atoms with E-state index in [0.29, 0.717) is 18.1 Å². The molecule has 0 fully saturated rings. The van der Waals surface area contributed by atoms with Gasteiger partial charge in [-0.05, 0) is 64.2 Å². The van der Waals surface area contributed by atoms with Crippen LogP contribution in [0.1, 0.15) is 23.2 Å². The number of anilines is 1. The summed E-state index contributed by atoms with van der Waals surface area (Å²) in [6, 6.07) is 10.1. The van der Waals surface area contributed by atoms with Gasteiger partial charge in [-0.2, -0.15) is 4.68 Å². The average Bonchev–Trinajstić information content (AvgIpc) is 3.24. The Balaban J connectivity index is 1.65. The quantitative estimate of drug-likeness (QED) is 0.446. The number of amides is 1. The zero-order valence-corrected chi connectivity index (χ0v) is 15.8. The Bertz CT molecular complexity index is 964. The third-order valence-electron chi connectivity index (χ3n) is 3.50. The lowest BCUT2D eigenvalue weighted by atomic mass is 10.3. The first-order valence-electron chi connectivity index (χ1n) is 7.96. The van der Waals surface area contributed by atoms with Gasteiger partial charge in [-0.3, -0.25) is 4.79 Å². The van der Waals surface area contributed by atoms with Gasteiger partial charge in [0.1, 0.15) is 22.5 Å². The van der Waals surface area contributed by atoms with Crippen molar-refractivity contribution in [3.63, 3.8) is 0 Å². The molecule has 2 heterocycles. The van der Waals surface area contributed by atoms with Gasteiger partial charge in [0.2, 0.25) is 0 Å². The number of nitrogens with one attached hydrogen (secondary N) is 1. The van der Waals surface area contributed by atoms with Gasteiger partial charge in [0.25, 0.3) is 5.91 Å². The third kappa shape index (κ3) is 4.53. The van der Waals surface area contributed by atoms with Gasteiger partial charge in [0.15, 0.2) is 5.76 Å². The van der Waals surface area contributed by atoms with Crippen LogP contribution in [0.3, 0.4) is 0 Å². The first kappa shape index (κ1) is 18.6. The van der Waals surface area contributed by atoms with Crippen molar-refractivity contribution in [2.24, 2.45) is 0 Å². The zero-order chi connectivity index (χ0) is 19.4.